The molecule has 11 heteroatoms. The molecule has 0 rings (SSSR count). The molecule has 0 saturated heterocycles. The minimum absolute atomic E-state index is 0.102. The molecule has 3 atom stereocenters. The second-order valence-electron chi connectivity index (χ2n) is 13.7. The lowest BCUT2D eigenvalue weighted by atomic mass is 10.1. The number of phosphoric acid groups is 1. The van der Waals surface area contributed by atoms with Gasteiger partial charge in [-0.15, -0.1) is 0 Å². The van der Waals surface area contributed by atoms with Crippen molar-refractivity contribution in [2.24, 2.45) is 0 Å². The van der Waals surface area contributed by atoms with Gasteiger partial charge in [-0.2, -0.15) is 0 Å². The minimum Gasteiger partial charge on any atom is -0.462 e. The summed E-state index contributed by atoms with van der Waals surface area (Å²) in [7, 11) is -4.64. The first-order valence-electron chi connectivity index (χ1n) is 20.9. The molecule has 0 aliphatic rings. The fourth-order valence-electron chi connectivity index (χ4n) is 5.07. The van der Waals surface area contributed by atoms with E-state index >= 15 is 0 Å². The predicted molar refractivity (Wildman–Crippen MR) is 223 cm³/mol. The second-order valence-corrected chi connectivity index (χ2v) is 15.1. The molecule has 10 nitrogen and oxygen atoms in total. The van der Waals surface area contributed by atoms with Crippen LogP contribution < -0.4 is 0 Å². The number of phosphoric ester groups is 1. The molecule has 0 radical (unpaired) electrons. The topological polar surface area (TPSA) is 149 Å². The van der Waals surface area contributed by atoms with Crippen molar-refractivity contribution in [2.75, 3.05) is 26.4 Å². The first kappa shape index (κ1) is 52.4. The summed E-state index contributed by atoms with van der Waals surface area (Å²) < 4.78 is 32.6. The van der Waals surface area contributed by atoms with Crippen LogP contribution in [0.4, 0.5) is 0 Å². The zero-order valence-corrected chi connectivity index (χ0v) is 35.0. The number of allylic oxidation sites excluding steroid dienone is 12. The predicted octanol–water partition coefficient (Wildman–Crippen LogP) is 10.9. The van der Waals surface area contributed by atoms with Gasteiger partial charge in [0.1, 0.15) is 12.7 Å². The Hall–Kier alpha value is -2.59. The van der Waals surface area contributed by atoms with Crippen LogP contribution in [0.15, 0.2) is 72.9 Å². The first-order valence-corrected chi connectivity index (χ1v) is 22.4. The Kier molecular flexibility index (Phi) is 37.8. The molecule has 55 heavy (non-hydrogen) atoms. The van der Waals surface area contributed by atoms with Crippen LogP contribution in [0.25, 0.3) is 0 Å². The molecule has 0 heterocycles. The average Bonchev–Trinajstić information content (AvgIpc) is 3.17. The zero-order valence-electron chi connectivity index (χ0n) is 34.1. The van der Waals surface area contributed by atoms with Crippen LogP contribution in [-0.4, -0.2) is 65.7 Å². The smallest absolute Gasteiger partial charge is 0.462 e. The summed E-state index contributed by atoms with van der Waals surface area (Å²) in [6.45, 7) is 2.22. The number of hydrogen-bond donors (Lipinski definition) is 3. The van der Waals surface area contributed by atoms with Crippen molar-refractivity contribution in [3.8, 4) is 0 Å². The Labute approximate surface area is 333 Å². The van der Waals surface area contributed by atoms with E-state index in [0.717, 1.165) is 70.6 Å². The van der Waals surface area contributed by atoms with Crippen molar-refractivity contribution >= 4 is 19.8 Å². The minimum atomic E-state index is -4.64. The van der Waals surface area contributed by atoms with Gasteiger partial charge in [-0.05, 0) is 83.5 Å². The molecule has 3 unspecified atom stereocenters. The van der Waals surface area contributed by atoms with Gasteiger partial charge in [-0.25, -0.2) is 4.57 Å². The van der Waals surface area contributed by atoms with Gasteiger partial charge in [0.05, 0.1) is 19.8 Å². The Bertz CT molecular complexity index is 1140. The Morgan fingerprint density at radius 1 is 0.545 bits per heavy atom. The molecule has 3 N–H and O–H groups in total. The highest BCUT2D eigenvalue weighted by Crippen LogP contribution is 2.43. The van der Waals surface area contributed by atoms with Crippen LogP contribution in [-0.2, 0) is 32.7 Å². The van der Waals surface area contributed by atoms with Crippen molar-refractivity contribution in [2.45, 2.75) is 167 Å². The van der Waals surface area contributed by atoms with Crippen LogP contribution in [0.1, 0.15) is 155 Å². The standard InChI is InChI=1S/C44H75O10P/c1-3-5-7-9-11-13-15-17-19-20-22-24-26-28-30-32-34-36-44(48)54-42(40-53-55(49,50)52-38-41(46)37-45)39-51-43(47)35-33-31-29-27-25-23-21-18-16-14-12-10-8-6-4-2/h11-14,17-19,21-22,24,28,30,41-42,45-46H,3-10,15-16,20,23,25-27,29,31-40H2,1-2H3,(H,49,50). The van der Waals surface area contributed by atoms with E-state index in [-0.39, 0.29) is 19.4 Å². The quantitative estimate of drug-likeness (QED) is 0.0239. The molecule has 0 aromatic rings. The number of aliphatic hydroxyl groups is 2. The van der Waals surface area contributed by atoms with Gasteiger partial charge in [-0.3, -0.25) is 18.6 Å². The SMILES string of the molecule is CCCCCC=CCC=CCC=CCC=CCCCC(=O)OC(COC(=O)CCCCCCCC=CCC=CCCCCC)COP(=O)(O)OCC(O)CO. The van der Waals surface area contributed by atoms with E-state index in [9.17, 15) is 24.2 Å². The lowest BCUT2D eigenvalue weighted by Gasteiger charge is -2.20. The molecule has 0 fully saturated rings. The summed E-state index contributed by atoms with van der Waals surface area (Å²) in [5.41, 5.74) is 0. The van der Waals surface area contributed by atoms with Gasteiger partial charge in [0.25, 0.3) is 0 Å². The molecule has 316 valence electrons. The van der Waals surface area contributed by atoms with Gasteiger partial charge in [0.15, 0.2) is 6.10 Å². The van der Waals surface area contributed by atoms with E-state index in [2.05, 4.69) is 79.1 Å². The zero-order chi connectivity index (χ0) is 40.5. The Morgan fingerprint density at radius 2 is 0.964 bits per heavy atom. The fraction of sp³-hybridized carbons (Fsp3) is 0.682. The maximum atomic E-state index is 12.6. The Morgan fingerprint density at radius 3 is 1.47 bits per heavy atom. The number of esters is 2. The van der Waals surface area contributed by atoms with Gasteiger partial charge in [-0.1, -0.05) is 132 Å². The summed E-state index contributed by atoms with van der Waals surface area (Å²) in [5.74, 6) is -1.01. The molecule has 0 bridgehead atoms. The van der Waals surface area contributed by atoms with Gasteiger partial charge in [0.2, 0.25) is 0 Å². The Balaban J connectivity index is 4.46. The van der Waals surface area contributed by atoms with Gasteiger partial charge in [0, 0.05) is 12.8 Å². The average molecular weight is 795 g/mol. The highest BCUT2D eigenvalue weighted by Gasteiger charge is 2.27. The van der Waals surface area contributed by atoms with E-state index in [4.69, 9.17) is 19.1 Å². The fourth-order valence-corrected chi connectivity index (χ4v) is 5.86. The summed E-state index contributed by atoms with van der Waals surface area (Å²) in [6.07, 6.45) is 44.4. The van der Waals surface area contributed by atoms with E-state index in [1.807, 2.05) is 12.2 Å². The van der Waals surface area contributed by atoms with E-state index in [1.54, 1.807) is 0 Å². The van der Waals surface area contributed by atoms with Crippen molar-refractivity contribution in [3.05, 3.63) is 72.9 Å². The molecule has 0 aliphatic heterocycles. The number of aliphatic hydroxyl groups excluding tert-OH is 2. The molecule has 0 spiro atoms. The van der Waals surface area contributed by atoms with Crippen LogP contribution in [0.5, 0.6) is 0 Å². The summed E-state index contributed by atoms with van der Waals surface area (Å²) in [6, 6.07) is 0. The van der Waals surface area contributed by atoms with Crippen molar-refractivity contribution in [3.63, 3.8) is 0 Å². The molecule has 0 aliphatic carbocycles. The number of rotatable bonds is 38. The van der Waals surface area contributed by atoms with Crippen molar-refractivity contribution in [1.82, 2.24) is 0 Å². The van der Waals surface area contributed by atoms with Crippen LogP contribution >= 0.6 is 7.82 Å². The van der Waals surface area contributed by atoms with E-state index in [1.165, 1.54) is 38.5 Å². The second kappa shape index (κ2) is 39.6. The molecular formula is C44H75O10P. The van der Waals surface area contributed by atoms with Gasteiger partial charge < -0.3 is 24.6 Å². The highest BCUT2D eigenvalue weighted by atomic mass is 31.2. The number of carbonyl (C=O) groups is 2. The molecule has 0 aromatic carbocycles. The summed E-state index contributed by atoms with van der Waals surface area (Å²) in [5, 5.41) is 18.3. The number of unbranched alkanes of at least 4 members (excludes halogenated alkanes) is 12. The molecule has 0 aromatic heterocycles. The third-order valence-corrected chi connectivity index (χ3v) is 9.28. The van der Waals surface area contributed by atoms with Crippen molar-refractivity contribution < 1.29 is 47.8 Å². The number of carbonyl (C=O) groups excluding carboxylic acids is 2. The molecule has 0 saturated carbocycles. The monoisotopic (exact) mass is 795 g/mol. The normalized spacial score (nSPS) is 14.6. The van der Waals surface area contributed by atoms with Crippen molar-refractivity contribution in [1.29, 1.82) is 0 Å². The van der Waals surface area contributed by atoms with E-state index < -0.39 is 51.8 Å². The maximum absolute atomic E-state index is 12.6. The molecule has 0 amide bonds. The van der Waals surface area contributed by atoms with Crippen LogP contribution in [0, 0.1) is 0 Å². The summed E-state index contributed by atoms with van der Waals surface area (Å²) >= 11 is 0. The third-order valence-electron chi connectivity index (χ3n) is 8.33. The largest absolute Gasteiger partial charge is 0.472 e. The van der Waals surface area contributed by atoms with Gasteiger partial charge >= 0.3 is 19.8 Å². The van der Waals surface area contributed by atoms with E-state index in [0.29, 0.717) is 19.3 Å². The van der Waals surface area contributed by atoms with Crippen LogP contribution in [0.2, 0.25) is 0 Å². The lowest BCUT2D eigenvalue weighted by Crippen LogP contribution is -2.29. The molecular weight excluding hydrogens is 719 g/mol. The number of hydrogen-bond acceptors (Lipinski definition) is 9. The third kappa shape index (κ3) is 39.4. The first-order chi connectivity index (χ1) is 26.7. The van der Waals surface area contributed by atoms with Crippen LogP contribution in [0.3, 0.4) is 0 Å². The lowest BCUT2D eigenvalue weighted by molar-refractivity contribution is -0.161. The number of ether oxygens (including phenoxy) is 2. The summed E-state index contributed by atoms with van der Waals surface area (Å²) in [4.78, 5) is 34.9. The highest BCUT2D eigenvalue weighted by molar-refractivity contribution is 7.47. The maximum Gasteiger partial charge on any atom is 0.472 e.